The van der Waals surface area contributed by atoms with Crippen LogP contribution in [-0.4, -0.2) is 83.0 Å². The average Bonchev–Trinajstić information content (AvgIpc) is 4.08. The number of aromatic nitrogens is 4. The van der Waals surface area contributed by atoms with Crippen molar-refractivity contribution < 1.29 is 26.4 Å². The predicted octanol–water partition coefficient (Wildman–Crippen LogP) is 2.92. The lowest BCUT2D eigenvalue weighted by molar-refractivity contribution is -0.124. The molecule has 0 saturated heterocycles. The summed E-state index contributed by atoms with van der Waals surface area (Å²) in [5.74, 6) is -0.307. The Hall–Kier alpha value is -5.44. The summed E-state index contributed by atoms with van der Waals surface area (Å²) in [4.78, 5) is 80.8. The maximum Gasteiger partial charge on any atom is 0.331 e. The van der Waals surface area contributed by atoms with Crippen molar-refractivity contribution in [3.05, 3.63) is 103 Å². The van der Waals surface area contributed by atoms with E-state index in [4.69, 9.17) is 0 Å². The minimum absolute atomic E-state index is 0.0319. The summed E-state index contributed by atoms with van der Waals surface area (Å²) in [6, 6.07) is 8.55. The highest BCUT2D eigenvalue weighted by atomic mass is 32.2. The number of carbonyl (C=O) groups is 2. The first-order valence-electron chi connectivity index (χ1n) is 23.2. The normalized spacial score (nSPS) is 20.1. The third-order valence-electron chi connectivity index (χ3n) is 13.6. The molecule has 8 rings (SSSR count). The molecule has 4 aliphatic rings. The number of sulfonamides is 2. The number of nitrogens with zero attached hydrogens (tertiary/aromatic N) is 5. The SMILES string of the molecule is C=CC(=O)N(C)CCCCn1c(=O)c2cc(S(=O)(=O)NC3(C)CC3/C=C/C(=O)NCCCCn3c(=O)c4cc(S(=O)(=O)NC5(C)CC5)ccc4n(CC4CC4)c3=O)ccc2n(CC2CC2)c1=O. The lowest BCUT2D eigenvalue weighted by Crippen LogP contribution is -2.41. The first kappa shape index (κ1) is 48.0. The summed E-state index contributed by atoms with van der Waals surface area (Å²) >= 11 is 0. The van der Waals surface area contributed by atoms with E-state index >= 15 is 0 Å². The van der Waals surface area contributed by atoms with Crippen LogP contribution >= 0.6 is 0 Å². The predicted molar refractivity (Wildman–Crippen MR) is 254 cm³/mol. The van der Waals surface area contributed by atoms with Crippen molar-refractivity contribution in [1.82, 2.24) is 37.9 Å². The lowest BCUT2D eigenvalue weighted by atomic mass is 10.2. The van der Waals surface area contributed by atoms with E-state index in [0.29, 0.717) is 74.6 Å². The highest BCUT2D eigenvalue weighted by molar-refractivity contribution is 7.89. The number of rotatable bonds is 23. The fourth-order valence-electron chi connectivity index (χ4n) is 8.59. The molecule has 20 heteroatoms. The van der Waals surface area contributed by atoms with Gasteiger partial charge in [0.2, 0.25) is 31.9 Å². The quantitative estimate of drug-likeness (QED) is 0.0728. The van der Waals surface area contributed by atoms with Gasteiger partial charge in [0, 0.05) is 57.4 Å². The molecule has 2 atom stereocenters. The van der Waals surface area contributed by atoms with Crippen LogP contribution in [0.15, 0.2) is 90.2 Å². The second-order valence-electron chi connectivity index (χ2n) is 19.5. The summed E-state index contributed by atoms with van der Waals surface area (Å²) in [5, 5.41) is 3.07. The van der Waals surface area contributed by atoms with Gasteiger partial charge in [-0.1, -0.05) is 12.7 Å². The molecular formula is C47H60N8O10S2. The number of likely N-dealkylation sites (N-methyl/N-ethyl adjacent to an activating group) is 1. The number of carbonyl (C=O) groups excluding carboxylic acids is 2. The molecule has 0 spiro atoms. The van der Waals surface area contributed by atoms with Gasteiger partial charge >= 0.3 is 11.4 Å². The Morgan fingerprint density at radius 3 is 1.75 bits per heavy atom. The molecule has 2 aromatic carbocycles. The van der Waals surface area contributed by atoms with E-state index in [1.54, 1.807) is 35.2 Å². The molecule has 2 amide bonds. The minimum atomic E-state index is -4.15. The number of hydrogen-bond acceptors (Lipinski definition) is 10. The van der Waals surface area contributed by atoms with E-state index < -0.39 is 59.5 Å². The second kappa shape index (κ2) is 18.6. The number of hydrogen-bond donors (Lipinski definition) is 3. The summed E-state index contributed by atoms with van der Waals surface area (Å²) in [7, 11) is -6.39. The molecule has 2 unspecified atom stereocenters. The van der Waals surface area contributed by atoms with Crippen molar-refractivity contribution in [3.63, 3.8) is 0 Å². The van der Waals surface area contributed by atoms with Crippen LogP contribution < -0.4 is 37.3 Å². The molecule has 0 radical (unpaired) electrons. The Balaban J connectivity index is 0.873. The average molecular weight is 961 g/mol. The third kappa shape index (κ3) is 10.8. The second-order valence-corrected chi connectivity index (χ2v) is 22.8. The van der Waals surface area contributed by atoms with Crippen LogP contribution in [0.2, 0.25) is 0 Å². The molecular weight excluding hydrogens is 901 g/mol. The van der Waals surface area contributed by atoms with Crippen LogP contribution in [0.5, 0.6) is 0 Å². The largest absolute Gasteiger partial charge is 0.353 e. The third-order valence-corrected chi connectivity index (χ3v) is 16.8. The van der Waals surface area contributed by atoms with E-state index in [2.05, 4.69) is 21.3 Å². The van der Waals surface area contributed by atoms with Crippen molar-refractivity contribution in [2.45, 2.75) is 132 Å². The monoisotopic (exact) mass is 960 g/mol. The van der Waals surface area contributed by atoms with Crippen LogP contribution in [0, 0.1) is 17.8 Å². The van der Waals surface area contributed by atoms with E-state index in [1.807, 2.05) is 6.92 Å². The Labute approximate surface area is 388 Å². The van der Waals surface area contributed by atoms with Gasteiger partial charge in [-0.2, -0.15) is 0 Å². The highest BCUT2D eigenvalue weighted by Gasteiger charge is 2.51. The van der Waals surface area contributed by atoms with Crippen LogP contribution in [0.1, 0.15) is 84.5 Å². The van der Waals surface area contributed by atoms with Crippen LogP contribution in [-0.2, 0) is 55.8 Å². The standard InChI is InChI=1S/C47H60N8O10S2/c1-5-41(57)51(4)23-8-9-25-53-43(59)37-27-35(16-18-39(37)55(45(53)61)30-32-12-13-32)67(64,65)50-47(3)28-33(47)14-19-40(56)48-22-6-7-24-52-42(58)36-26-34(66(62,63)49-46(2)20-21-46)15-17-38(36)54(44(52)60)29-31-10-11-31/h5,14-19,26-27,31-33,49-50H,1,6-13,20-25,28-30H2,2-4H3,(H,48,56)/b19-14+. The molecule has 3 N–H and O–H groups in total. The van der Waals surface area contributed by atoms with Gasteiger partial charge in [0.1, 0.15) is 0 Å². The van der Waals surface area contributed by atoms with Gasteiger partial charge in [0.05, 0.1) is 31.6 Å². The zero-order chi connectivity index (χ0) is 48.1. The van der Waals surface area contributed by atoms with Crippen LogP contribution in [0.3, 0.4) is 0 Å². The van der Waals surface area contributed by atoms with Gasteiger partial charge in [-0.25, -0.2) is 35.9 Å². The Bertz CT molecular complexity index is 3160. The molecule has 2 aromatic heterocycles. The maximum absolute atomic E-state index is 13.8. The first-order chi connectivity index (χ1) is 31.7. The van der Waals surface area contributed by atoms with E-state index in [-0.39, 0.29) is 52.0 Å². The summed E-state index contributed by atoms with van der Waals surface area (Å²) in [5.41, 5.74) is -2.69. The Morgan fingerprint density at radius 2 is 1.25 bits per heavy atom. The van der Waals surface area contributed by atoms with Crippen LogP contribution in [0.4, 0.5) is 0 Å². The number of nitrogens with one attached hydrogen (secondary N) is 3. The maximum atomic E-state index is 13.8. The summed E-state index contributed by atoms with van der Waals surface area (Å²) in [6.07, 6.45) is 11.8. The van der Waals surface area contributed by atoms with Gasteiger partial charge in [-0.3, -0.25) is 37.4 Å². The van der Waals surface area contributed by atoms with E-state index in [9.17, 15) is 45.6 Å². The van der Waals surface area contributed by atoms with Gasteiger partial charge in [-0.15, -0.1) is 0 Å². The molecule has 4 fully saturated rings. The molecule has 0 aliphatic heterocycles. The topological polar surface area (TPSA) is 230 Å². The van der Waals surface area contributed by atoms with Gasteiger partial charge < -0.3 is 10.2 Å². The van der Waals surface area contributed by atoms with E-state index in [0.717, 1.165) is 47.7 Å². The Kier molecular flexibility index (Phi) is 13.3. The fraction of sp³-hybridized carbons (Fsp3) is 0.532. The van der Waals surface area contributed by atoms with Crippen molar-refractivity contribution in [2.75, 3.05) is 20.1 Å². The first-order valence-corrected chi connectivity index (χ1v) is 26.2. The molecule has 67 heavy (non-hydrogen) atoms. The van der Waals surface area contributed by atoms with Crippen molar-refractivity contribution >= 4 is 53.7 Å². The molecule has 360 valence electrons. The zero-order valence-corrected chi connectivity index (χ0v) is 39.9. The fourth-order valence-corrected chi connectivity index (χ4v) is 11.6. The van der Waals surface area contributed by atoms with Crippen molar-refractivity contribution in [2.24, 2.45) is 17.8 Å². The van der Waals surface area contributed by atoms with Gasteiger partial charge in [0.25, 0.3) is 11.1 Å². The highest BCUT2D eigenvalue weighted by Crippen LogP contribution is 2.45. The number of amides is 2. The molecule has 4 aliphatic carbocycles. The van der Waals surface area contributed by atoms with Gasteiger partial charge in [0.15, 0.2) is 0 Å². The molecule has 18 nitrogen and oxygen atoms in total. The molecule has 0 bridgehead atoms. The van der Waals surface area contributed by atoms with Crippen molar-refractivity contribution in [1.29, 1.82) is 0 Å². The lowest BCUT2D eigenvalue weighted by Gasteiger charge is -2.17. The number of benzene rings is 2. The number of unbranched alkanes of at least 4 members (excludes halogenated alkanes) is 2. The van der Waals surface area contributed by atoms with Gasteiger partial charge in [-0.05, 0) is 151 Å². The van der Waals surface area contributed by atoms with E-state index in [1.165, 1.54) is 47.4 Å². The smallest absolute Gasteiger partial charge is 0.331 e. The summed E-state index contributed by atoms with van der Waals surface area (Å²) in [6.45, 7) is 8.74. The van der Waals surface area contributed by atoms with Crippen LogP contribution in [0.25, 0.3) is 21.8 Å². The van der Waals surface area contributed by atoms with Crippen molar-refractivity contribution in [3.8, 4) is 0 Å². The molecule has 4 saturated carbocycles. The number of fused-ring (bicyclic) bond motifs is 2. The molecule has 4 aromatic rings. The summed E-state index contributed by atoms with van der Waals surface area (Å²) < 4.78 is 64.8. The zero-order valence-electron chi connectivity index (χ0n) is 38.3. The minimum Gasteiger partial charge on any atom is -0.353 e. The molecule has 2 heterocycles. The Morgan fingerprint density at radius 1 is 0.746 bits per heavy atom.